The van der Waals surface area contributed by atoms with Crippen molar-refractivity contribution in [1.29, 1.82) is 0 Å². The molecule has 102 valence electrons. The molecule has 1 amide bonds. The number of carbonyl (C=O) groups excluding carboxylic acids is 1. The number of anilines is 1. The van der Waals surface area contributed by atoms with Gasteiger partial charge in [0.15, 0.2) is 0 Å². The molecule has 0 saturated carbocycles. The molecule has 0 aliphatic carbocycles. The van der Waals surface area contributed by atoms with Crippen molar-refractivity contribution < 1.29 is 13.9 Å². The number of hydrogen-bond donors (Lipinski definition) is 2. The smallest absolute Gasteiger partial charge is 0.254 e. The van der Waals surface area contributed by atoms with Crippen molar-refractivity contribution in [1.82, 2.24) is 5.32 Å². The summed E-state index contributed by atoms with van der Waals surface area (Å²) in [6, 6.07) is 11.1. The molecule has 4 nitrogen and oxygen atoms in total. The highest BCUT2D eigenvalue weighted by molar-refractivity contribution is 5.95. The number of nitrogens with one attached hydrogen (secondary N) is 1. The van der Waals surface area contributed by atoms with Crippen LogP contribution in [0.1, 0.15) is 22.0 Å². The van der Waals surface area contributed by atoms with E-state index in [1.807, 2.05) is 24.3 Å². The van der Waals surface area contributed by atoms with Crippen LogP contribution in [0.5, 0.6) is 5.75 Å². The van der Waals surface area contributed by atoms with Gasteiger partial charge in [0, 0.05) is 11.3 Å². The van der Waals surface area contributed by atoms with E-state index in [4.69, 9.17) is 10.5 Å². The third-order valence-corrected chi connectivity index (χ3v) is 3.24. The lowest BCUT2D eigenvalue weighted by molar-refractivity contribution is 0.0926. The van der Waals surface area contributed by atoms with Crippen LogP contribution in [0.15, 0.2) is 42.5 Å². The van der Waals surface area contributed by atoms with Crippen molar-refractivity contribution in [3.63, 3.8) is 0 Å². The van der Waals surface area contributed by atoms with Gasteiger partial charge in [-0.2, -0.15) is 0 Å². The maximum Gasteiger partial charge on any atom is 0.254 e. The van der Waals surface area contributed by atoms with E-state index in [0.717, 1.165) is 11.3 Å². The Kier molecular flexibility index (Phi) is 3.02. The summed E-state index contributed by atoms with van der Waals surface area (Å²) in [5.41, 5.74) is 6.76. The topological polar surface area (TPSA) is 64.4 Å². The molecule has 1 aliphatic heterocycles. The minimum atomic E-state index is -0.594. The number of ether oxygens (including phenoxy) is 1. The van der Waals surface area contributed by atoms with E-state index >= 15 is 0 Å². The minimum Gasteiger partial charge on any atom is -0.491 e. The number of para-hydroxylation sites is 1. The van der Waals surface area contributed by atoms with Crippen molar-refractivity contribution >= 4 is 11.6 Å². The first-order valence-electron chi connectivity index (χ1n) is 6.23. The summed E-state index contributed by atoms with van der Waals surface area (Å²) in [6.45, 7) is 0.342. The Bertz CT molecular complexity index is 673. The summed E-state index contributed by atoms with van der Waals surface area (Å²) in [5.74, 6) is -0.352. The number of carbonyl (C=O) groups is 1. The number of fused-ring (bicyclic) bond motifs is 1. The normalized spacial score (nSPS) is 16.4. The predicted molar refractivity (Wildman–Crippen MR) is 73.0 cm³/mol. The summed E-state index contributed by atoms with van der Waals surface area (Å²) >= 11 is 0. The van der Waals surface area contributed by atoms with Crippen LogP contribution in [-0.2, 0) is 0 Å². The first-order chi connectivity index (χ1) is 9.65. The van der Waals surface area contributed by atoms with Gasteiger partial charge in [0.1, 0.15) is 18.2 Å². The third-order valence-electron chi connectivity index (χ3n) is 3.24. The van der Waals surface area contributed by atoms with Gasteiger partial charge in [-0.25, -0.2) is 4.39 Å². The lowest BCUT2D eigenvalue weighted by atomic mass is 10.1. The lowest BCUT2D eigenvalue weighted by Crippen LogP contribution is -2.30. The highest BCUT2D eigenvalue weighted by atomic mass is 19.1. The molecule has 3 rings (SSSR count). The van der Waals surface area contributed by atoms with Gasteiger partial charge >= 0.3 is 0 Å². The molecule has 0 saturated heterocycles. The van der Waals surface area contributed by atoms with Gasteiger partial charge in [0.25, 0.3) is 5.91 Å². The SMILES string of the molecule is Nc1ccc(F)c(C(=O)NC2COc3ccccc32)c1. The Morgan fingerprint density at radius 1 is 1.30 bits per heavy atom. The second-order valence-electron chi connectivity index (χ2n) is 4.61. The van der Waals surface area contributed by atoms with Crippen LogP contribution >= 0.6 is 0 Å². The summed E-state index contributed by atoms with van der Waals surface area (Å²) < 4.78 is 19.1. The number of halogens is 1. The van der Waals surface area contributed by atoms with Crippen molar-refractivity contribution in [3.05, 3.63) is 59.4 Å². The molecule has 1 aliphatic rings. The number of rotatable bonds is 2. The van der Waals surface area contributed by atoms with E-state index in [2.05, 4.69) is 5.32 Å². The van der Waals surface area contributed by atoms with Gasteiger partial charge in [0.2, 0.25) is 0 Å². The minimum absolute atomic E-state index is 0.0608. The Morgan fingerprint density at radius 3 is 2.95 bits per heavy atom. The fraction of sp³-hybridized carbons (Fsp3) is 0.133. The molecule has 0 fully saturated rings. The number of nitrogens with two attached hydrogens (primary N) is 1. The fourth-order valence-electron chi connectivity index (χ4n) is 2.24. The molecule has 5 heteroatoms. The standard InChI is InChI=1S/C15H13FN2O2/c16-12-6-5-9(17)7-11(12)15(19)18-13-8-20-14-4-2-1-3-10(13)14/h1-7,13H,8,17H2,(H,18,19). The average molecular weight is 272 g/mol. The Balaban J connectivity index is 1.82. The van der Waals surface area contributed by atoms with Crippen LogP contribution in [0, 0.1) is 5.82 Å². The zero-order chi connectivity index (χ0) is 14.1. The maximum atomic E-state index is 13.6. The average Bonchev–Trinajstić information content (AvgIpc) is 2.85. The molecular weight excluding hydrogens is 259 g/mol. The van der Waals surface area contributed by atoms with Gasteiger partial charge in [0.05, 0.1) is 11.6 Å². The third kappa shape index (κ3) is 2.18. The summed E-state index contributed by atoms with van der Waals surface area (Å²) in [6.07, 6.45) is 0. The van der Waals surface area contributed by atoms with Crippen molar-refractivity contribution in [3.8, 4) is 5.75 Å². The largest absolute Gasteiger partial charge is 0.491 e. The molecule has 1 unspecified atom stereocenters. The van der Waals surface area contributed by atoms with Crippen molar-refractivity contribution in [2.75, 3.05) is 12.3 Å². The maximum absolute atomic E-state index is 13.6. The van der Waals surface area contributed by atoms with Gasteiger partial charge < -0.3 is 15.8 Å². The number of nitrogen functional groups attached to an aromatic ring is 1. The lowest BCUT2D eigenvalue weighted by Gasteiger charge is -2.12. The summed E-state index contributed by atoms with van der Waals surface area (Å²) in [7, 11) is 0. The predicted octanol–water partition coefficient (Wildman–Crippen LogP) is 2.27. The molecule has 0 bridgehead atoms. The first-order valence-corrected chi connectivity index (χ1v) is 6.23. The molecule has 3 N–H and O–H groups in total. The van der Waals surface area contributed by atoms with Crippen LogP contribution in [0.2, 0.25) is 0 Å². The van der Waals surface area contributed by atoms with Crippen LogP contribution in [-0.4, -0.2) is 12.5 Å². The van der Waals surface area contributed by atoms with Crippen molar-refractivity contribution in [2.24, 2.45) is 0 Å². The quantitative estimate of drug-likeness (QED) is 0.824. The van der Waals surface area contributed by atoms with Crippen LogP contribution in [0.25, 0.3) is 0 Å². The molecule has 1 heterocycles. The summed E-state index contributed by atoms with van der Waals surface area (Å²) in [5, 5.41) is 2.76. The van der Waals surface area contributed by atoms with E-state index in [1.54, 1.807) is 0 Å². The Hall–Kier alpha value is -2.56. The molecule has 0 spiro atoms. The van der Waals surface area contributed by atoms with Gasteiger partial charge in [-0.15, -0.1) is 0 Å². The molecule has 2 aromatic rings. The highest BCUT2D eigenvalue weighted by Crippen LogP contribution is 2.31. The van der Waals surface area contributed by atoms with Crippen LogP contribution in [0.3, 0.4) is 0 Å². The molecule has 0 radical (unpaired) electrons. The summed E-state index contributed by atoms with van der Waals surface area (Å²) in [4.78, 5) is 12.1. The van der Waals surface area contributed by atoms with Crippen LogP contribution < -0.4 is 15.8 Å². The first kappa shape index (κ1) is 12.5. The Morgan fingerprint density at radius 2 is 2.10 bits per heavy atom. The second-order valence-corrected chi connectivity index (χ2v) is 4.61. The van der Waals surface area contributed by atoms with E-state index in [1.165, 1.54) is 18.2 Å². The second kappa shape index (κ2) is 4.85. The number of benzene rings is 2. The van der Waals surface area contributed by atoms with Gasteiger partial charge in [-0.05, 0) is 24.3 Å². The van der Waals surface area contributed by atoms with Gasteiger partial charge in [-0.3, -0.25) is 4.79 Å². The molecule has 1 atom stereocenters. The zero-order valence-corrected chi connectivity index (χ0v) is 10.6. The number of amides is 1. The fourth-order valence-corrected chi connectivity index (χ4v) is 2.24. The van der Waals surface area contributed by atoms with Gasteiger partial charge in [-0.1, -0.05) is 18.2 Å². The van der Waals surface area contributed by atoms with E-state index < -0.39 is 11.7 Å². The van der Waals surface area contributed by atoms with Crippen molar-refractivity contribution in [2.45, 2.75) is 6.04 Å². The van der Waals surface area contributed by atoms with E-state index in [0.29, 0.717) is 12.3 Å². The molecule has 2 aromatic carbocycles. The monoisotopic (exact) mass is 272 g/mol. The number of hydrogen-bond acceptors (Lipinski definition) is 3. The highest BCUT2D eigenvalue weighted by Gasteiger charge is 2.26. The van der Waals surface area contributed by atoms with Crippen LogP contribution in [0.4, 0.5) is 10.1 Å². The molecular formula is C15H13FN2O2. The zero-order valence-electron chi connectivity index (χ0n) is 10.6. The van der Waals surface area contributed by atoms with E-state index in [9.17, 15) is 9.18 Å². The molecule has 0 aromatic heterocycles. The van der Waals surface area contributed by atoms with E-state index in [-0.39, 0.29) is 11.6 Å². The Labute approximate surface area is 115 Å². The molecule has 20 heavy (non-hydrogen) atoms.